The average Bonchev–Trinajstić information content (AvgIpc) is 2.98. The number of methoxy groups -OCH3 is 2. The minimum absolute atomic E-state index is 0. The molecule has 0 saturated carbocycles. The lowest BCUT2D eigenvalue weighted by atomic mass is 10.2. The highest BCUT2D eigenvalue weighted by molar-refractivity contribution is 6.35. The van der Waals surface area contributed by atoms with Crippen molar-refractivity contribution in [3.63, 3.8) is 0 Å². The van der Waals surface area contributed by atoms with Crippen LogP contribution in [0.2, 0.25) is 15.1 Å². The van der Waals surface area contributed by atoms with Crippen molar-refractivity contribution >= 4 is 71.7 Å². The highest BCUT2D eigenvalue weighted by atomic mass is 35.5. The second-order valence-corrected chi connectivity index (χ2v) is 8.88. The van der Waals surface area contributed by atoms with Crippen molar-refractivity contribution in [3.8, 4) is 23.0 Å². The molecular weight excluding hydrogens is 671 g/mol. The van der Waals surface area contributed by atoms with Crippen molar-refractivity contribution in [1.29, 1.82) is 0 Å². The third kappa shape index (κ3) is 12.4. The number of phenolic OH excluding ortho intramolecular Hbond substituents is 2. The number of benzene rings is 4. The maximum absolute atomic E-state index is 10.4. The van der Waals surface area contributed by atoms with Crippen LogP contribution in [0.3, 0.4) is 0 Å². The van der Waals surface area contributed by atoms with Gasteiger partial charge in [0.25, 0.3) is 17.1 Å². The summed E-state index contributed by atoms with van der Waals surface area (Å²) in [5, 5.41) is 48.8. The van der Waals surface area contributed by atoms with Crippen molar-refractivity contribution in [2.75, 3.05) is 25.7 Å². The van der Waals surface area contributed by atoms with E-state index < -0.39 is 14.8 Å². The Kier molecular flexibility index (Phi) is 19.3. The van der Waals surface area contributed by atoms with Gasteiger partial charge < -0.3 is 31.2 Å². The number of hydrogen-bond donors (Lipinski definition) is 4. The van der Waals surface area contributed by atoms with Crippen LogP contribution in [0, 0.1) is 30.3 Å². The Hall–Kier alpha value is -5.19. The van der Waals surface area contributed by atoms with Crippen molar-refractivity contribution in [2.24, 2.45) is 0 Å². The van der Waals surface area contributed by atoms with Gasteiger partial charge in [0.05, 0.1) is 34.7 Å². The number of nitrogens with zero attached hydrogens (tertiary/aromatic N) is 3. The minimum Gasteiger partial charge on any atom is -0.506 e. The molecule has 4 rings (SSSR count). The molecule has 0 aliphatic rings. The molecule has 4 aromatic rings. The van der Waals surface area contributed by atoms with Crippen LogP contribution >= 0.6 is 34.8 Å². The van der Waals surface area contributed by atoms with Crippen molar-refractivity contribution < 1.29 is 34.5 Å². The van der Waals surface area contributed by atoms with Crippen molar-refractivity contribution in [2.45, 2.75) is 7.43 Å². The normalized spacial score (nSPS) is 9.07. The zero-order valence-corrected chi connectivity index (χ0v) is 25.6. The fourth-order valence-corrected chi connectivity index (χ4v) is 3.50. The summed E-state index contributed by atoms with van der Waals surface area (Å²) in [6.07, 6.45) is 0. The van der Waals surface area contributed by atoms with Crippen LogP contribution in [0.1, 0.15) is 7.43 Å². The second kappa shape index (κ2) is 20.7. The molecule has 0 spiro atoms. The van der Waals surface area contributed by atoms with Gasteiger partial charge in [0.2, 0.25) is 0 Å². The first kappa shape index (κ1) is 42.9. The van der Waals surface area contributed by atoms with Crippen LogP contribution in [0.25, 0.3) is 0 Å². The van der Waals surface area contributed by atoms with E-state index in [1.54, 1.807) is 31.4 Å². The zero-order valence-electron chi connectivity index (χ0n) is 23.3. The van der Waals surface area contributed by atoms with Crippen LogP contribution < -0.4 is 20.9 Å². The first-order valence-corrected chi connectivity index (χ1v) is 12.7. The predicted octanol–water partition coefficient (Wildman–Crippen LogP) is 7.28. The zero-order chi connectivity index (χ0) is 33.6. The third-order valence-electron chi connectivity index (χ3n) is 4.98. The highest BCUT2D eigenvalue weighted by Gasteiger charge is 2.16. The van der Waals surface area contributed by atoms with Crippen molar-refractivity contribution in [3.05, 3.63) is 118 Å². The number of rotatable bonds is 5. The maximum atomic E-state index is 10.4. The number of nitrogen functional groups attached to an aromatic ring is 2. The molecule has 19 heteroatoms. The third-order valence-corrected chi connectivity index (χ3v) is 6.16. The van der Waals surface area contributed by atoms with Gasteiger partial charge in [-0.15, -0.1) is 0 Å². The van der Waals surface area contributed by atoms with Gasteiger partial charge in [0, 0.05) is 26.6 Å². The summed E-state index contributed by atoms with van der Waals surface area (Å²) in [6.45, 7) is 0. The molecule has 0 amide bonds. The van der Waals surface area contributed by atoms with Gasteiger partial charge in [-0.1, -0.05) is 66.5 Å². The van der Waals surface area contributed by atoms with Gasteiger partial charge in [-0.05, 0) is 30.3 Å². The van der Waals surface area contributed by atoms with Crippen LogP contribution in [0.5, 0.6) is 23.0 Å². The van der Waals surface area contributed by atoms with E-state index in [4.69, 9.17) is 66.0 Å². The molecule has 15 nitrogen and oxygen atoms in total. The van der Waals surface area contributed by atoms with Gasteiger partial charge in [-0.3, -0.25) is 30.3 Å². The number of aromatic hydroxyl groups is 2. The fraction of sp³-hybridized carbons (Fsp3) is 0.111. The number of nitro benzene ring substituents is 3. The average molecular weight is 700 g/mol. The van der Waals surface area contributed by atoms with E-state index in [-0.39, 0.29) is 60.1 Å². The quantitative estimate of drug-likeness (QED) is 0.0528. The molecule has 46 heavy (non-hydrogen) atoms. The molecule has 0 fully saturated rings. The largest absolute Gasteiger partial charge is 0.506 e. The van der Waals surface area contributed by atoms with Gasteiger partial charge in [0.15, 0.2) is 15.7 Å². The lowest BCUT2D eigenvalue weighted by Crippen LogP contribution is -1.94. The molecule has 4 aromatic carbocycles. The minimum atomic E-state index is -0.651. The Morgan fingerprint density at radius 3 is 1.37 bits per heavy atom. The molecule has 0 saturated heterocycles. The standard InChI is InChI=1S/C7H6ClNO3.C7H8ClNO.C6H4ClNO3.C6H6N2O3.CH4.B/c1-12-6-4-2-3-5(7(6)8)9(10)11;1-10-6-4-2-3-5(9)7(6)8;2*7-6-4(8(10)11)2-1-3-5(6)9;;/h2-4H,1H3;2-4H,9H2,1H3;1-3,9H;1-3,9H,7H2;1H4;. The van der Waals surface area contributed by atoms with Gasteiger partial charge in [-0.2, -0.15) is 0 Å². The van der Waals surface area contributed by atoms with Crippen LogP contribution in [-0.4, -0.2) is 47.6 Å². The van der Waals surface area contributed by atoms with Crippen LogP contribution in [0.4, 0.5) is 28.4 Å². The number of phenols is 2. The number of nitrogens with two attached hydrogens (primary N) is 2. The van der Waals surface area contributed by atoms with E-state index in [1.807, 2.05) is 0 Å². The number of halogens is 3. The molecule has 0 atom stereocenters. The highest BCUT2D eigenvalue weighted by Crippen LogP contribution is 2.33. The lowest BCUT2D eigenvalue weighted by molar-refractivity contribution is -0.384. The van der Waals surface area contributed by atoms with Gasteiger partial charge >= 0.3 is 0 Å². The Labute approximate surface area is 279 Å². The Balaban J connectivity index is 0. The molecule has 0 aromatic heterocycles. The van der Waals surface area contributed by atoms with Crippen LogP contribution in [0.15, 0.2) is 72.8 Å². The lowest BCUT2D eigenvalue weighted by Gasteiger charge is -2.03. The second-order valence-electron chi connectivity index (χ2n) is 7.75. The van der Waals surface area contributed by atoms with E-state index in [0.29, 0.717) is 22.2 Å². The summed E-state index contributed by atoms with van der Waals surface area (Å²) < 4.78 is 9.71. The maximum Gasteiger partial charge on any atom is 0.295 e. The summed E-state index contributed by atoms with van der Waals surface area (Å²) in [5.74, 6) is 0.382. The summed E-state index contributed by atoms with van der Waals surface area (Å²) in [4.78, 5) is 28.9. The molecule has 0 aliphatic carbocycles. The first-order chi connectivity index (χ1) is 20.7. The Morgan fingerprint density at radius 1 is 0.609 bits per heavy atom. The van der Waals surface area contributed by atoms with Gasteiger partial charge in [-0.25, -0.2) is 0 Å². The number of anilines is 2. The predicted molar refractivity (Wildman–Crippen MR) is 179 cm³/mol. The number of para-hydroxylation sites is 1. The van der Waals surface area contributed by atoms with Crippen molar-refractivity contribution in [1.82, 2.24) is 0 Å². The van der Waals surface area contributed by atoms with Crippen LogP contribution in [-0.2, 0) is 0 Å². The molecular formula is C27H28BCl3N5O10. The molecule has 0 heterocycles. The number of nitro groups is 3. The topological polar surface area (TPSA) is 240 Å². The van der Waals surface area contributed by atoms with E-state index in [2.05, 4.69) is 0 Å². The Bertz CT molecular complexity index is 1570. The molecule has 3 radical (unpaired) electrons. The summed E-state index contributed by atoms with van der Waals surface area (Å²) in [7, 11) is 2.96. The van der Waals surface area contributed by atoms with E-state index in [1.165, 1.54) is 55.6 Å². The van der Waals surface area contributed by atoms with E-state index in [9.17, 15) is 30.3 Å². The number of hydrogen-bond acceptors (Lipinski definition) is 12. The monoisotopic (exact) mass is 698 g/mol. The summed E-state index contributed by atoms with van der Waals surface area (Å²) >= 11 is 16.8. The SMILES string of the molecule is C.COc1cccc(N)c1Cl.COc1cccc([N+](=O)[O-])c1Cl.Nc1c(O)cccc1[N+](=O)[O-].O=[N+]([O-])c1cccc(O)c1Cl.[B]. The summed E-state index contributed by atoms with van der Waals surface area (Å²) in [5.41, 5.74) is 10.3. The summed E-state index contributed by atoms with van der Waals surface area (Å²) in [6, 6.07) is 17.4. The first-order valence-electron chi connectivity index (χ1n) is 11.6. The van der Waals surface area contributed by atoms with Gasteiger partial charge in [0.1, 0.15) is 28.0 Å². The molecule has 0 aliphatic heterocycles. The van der Waals surface area contributed by atoms with E-state index in [0.717, 1.165) is 0 Å². The van der Waals surface area contributed by atoms with E-state index >= 15 is 0 Å². The molecule has 0 bridgehead atoms. The Morgan fingerprint density at radius 2 is 0.978 bits per heavy atom. The molecule has 0 unspecified atom stereocenters. The number of ether oxygens (including phenoxy) is 2. The smallest absolute Gasteiger partial charge is 0.295 e. The molecule has 245 valence electrons. The fourth-order valence-electron chi connectivity index (χ4n) is 2.83. The molecule has 6 N–H and O–H groups in total.